The molecule has 0 N–H and O–H groups in total. The first-order valence-corrected chi connectivity index (χ1v) is 7.68. The SMILES string of the molecule is CC1CC(C)CC(C(=O)Cc2c(Cl)cccc2Cl)C1. The molecule has 2 atom stereocenters. The Bertz CT molecular complexity index is 440. The monoisotopic (exact) mass is 298 g/mol. The van der Waals surface area contributed by atoms with Crippen LogP contribution in [0, 0.1) is 17.8 Å². The third-order valence-corrected chi connectivity index (χ3v) is 4.75. The second-order valence-electron chi connectivity index (χ2n) is 5.96. The number of Topliss-reactive ketones (excluding diaryl/α,β-unsaturated/α-hetero) is 1. The van der Waals surface area contributed by atoms with Gasteiger partial charge in [0.15, 0.2) is 0 Å². The number of carbonyl (C=O) groups excluding carboxylic acids is 1. The van der Waals surface area contributed by atoms with Crippen LogP contribution in [-0.2, 0) is 11.2 Å². The zero-order chi connectivity index (χ0) is 14.0. The van der Waals surface area contributed by atoms with Crippen LogP contribution in [0.25, 0.3) is 0 Å². The third kappa shape index (κ3) is 3.73. The average molecular weight is 299 g/mol. The van der Waals surface area contributed by atoms with Gasteiger partial charge in [0.1, 0.15) is 5.78 Å². The highest BCUT2D eigenvalue weighted by atomic mass is 35.5. The summed E-state index contributed by atoms with van der Waals surface area (Å²) in [4.78, 5) is 12.4. The standard InChI is InChI=1S/C16H20Cl2O/c1-10-6-11(2)8-12(7-10)16(19)9-13-14(17)4-3-5-15(13)18/h3-5,10-12H,6-9H2,1-2H3. The lowest BCUT2D eigenvalue weighted by Crippen LogP contribution is -2.27. The molecule has 19 heavy (non-hydrogen) atoms. The van der Waals surface area contributed by atoms with Crippen LogP contribution in [0.1, 0.15) is 38.7 Å². The van der Waals surface area contributed by atoms with Gasteiger partial charge < -0.3 is 0 Å². The van der Waals surface area contributed by atoms with E-state index in [0.29, 0.717) is 28.3 Å². The third-order valence-electron chi connectivity index (χ3n) is 4.05. The zero-order valence-corrected chi connectivity index (χ0v) is 13.0. The Balaban J connectivity index is 2.08. The Kier molecular flexibility index (Phi) is 4.92. The first kappa shape index (κ1) is 14.9. The Hall–Kier alpha value is -0.530. The van der Waals surface area contributed by atoms with E-state index in [-0.39, 0.29) is 11.7 Å². The molecule has 0 heterocycles. The molecule has 1 nitrogen and oxygen atoms in total. The van der Waals surface area contributed by atoms with E-state index >= 15 is 0 Å². The van der Waals surface area contributed by atoms with Crippen LogP contribution >= 0.6 is 23.2 Å². The van der Waals surface area contributed by atoms with Gasteiger partial charge >= 0.3 is 0 Å². The van der Waals surface area contributed by atoms with Crippen LogP contribution in [0.5, 0.6) is 0 Å². The summed E-state index contributed by atoms with van der Waals surface area (Å²) in [6.07, 6.45) is 3.61. The summed E-state index contributed by atoms with van der Waals surface area (Å²) in [5, 5.41) is 1.19. The normalized spacial score (nSPS) is 27.3. The molecular weight excluding hydrogens is 279 g/mol. The van der Waals surface area contributed by atoms with Crippen molar-refractivity contribution in [3.8, 4) is 0 Å². The van der Waals surface area contributed by atoms with Crippen molar-refractivity contribution < 1.29 is 4.79 Å². The molecule has 2 rings (SSSR count). The highest BCUT2D eigenvalue weighted by Crippen LogP contribution is 2.35. The highest BCUT2D eigenvalue weighted by Gasteiger charge is 2.29. The molecule has 2 unspecified atom stereocenters. The van der Waals surface area contributed by atoms with Gasteiger partial charge in [-0.25, -0.2) is 0 Å². The first-order valence-electron chi connectivity index (χ1n) is 6.93. The molecule has 3 heteroatoms. The van der Waals surface area contributed by atoms with E-state index in [0.717, 1.165) is 18.4 Å². The zero-order valence-electron chi connectivity index (χ0n) is 11.5. The smallest absolute Gasteiger partial charge is 0.140 e. The van der Waals surface area contributed by atoms with Crippen LogP contribution in [0.2, 0.25) is 10.0 Å². The minimum Gasteiger partial charge on any atom is -0.299 e. The first-order chi connectivity index (χ1) is 8.97. The van der Waals surface area contributed by atoms with Crippen LogP contribution in [0.15, 0.2) is 18.2 Å². The van der Waals surface area contributed by atoms with Crippen molar-refractivity contribution >= 4 is 29.0 Å². The molecule has 104 valence electrons. The van der Waals surface area contributed by atoms with Crippen molar-refractivity contribution in [2.45, 2.75) is 39.5 Å². The molecule has 0 spiro atoms. The van der Waals surface area contributed by atoms with E-state index in [4.69, 9.17) is 23.2 Å². The second kappa shape index (κ2) is 6.28. The van der Waals surface area contributed by atoms with Gasteiger partial charge in [-0.05, 0) is 48.8 Å². The predicted molar refractivity (Wildman–Crippen MR) is 80.8 cm³/mol. The summed E-state index contributed by atoms with van der Waals surface area (Å²) in [5.74, 6) is 1.73. The van der Waals surface area contributed by atoms with Crippen molar-refractivity contribution in [2.24, 2.45) is 17.8 Å². The molecule has 1 fully saturated rings. The van der Waals surface area contributed by atoms with Crippen molar-refractivity contribution in [3.05, 3.63) is 33.8 Å². The molecule has 0 bridgehead atoms. The van der Waals surface area contributed by atoms with E-state index in [1.807, 2.05) is 6.07 Å². The predicted octanol–water partition coefficient (Wildman–Crippen LogP) is 5.18. The van der Waals surface area contributed by atoms with Crippen molar-refractivity contribution in [1.29, 1.82) is 0 Å². The van der Waals surface area contributed by atoms with Crippen molar-refractivity contribution in [2.75, 3.05) is 0 Å². The summed E-state index contributed by atoms with van der Waals surface area (Å²) in [7, 11) is 0. The number of rotatable bonds is 3. The quantitative estimate of drug-likeness (QED) is 0.752. The van der Waals surface area contributed by atoms with E-state index in [1.54, 1.807) is 12.1 Å². The number of hydrogen-bond donors (Lipinski definition) is 0. The summed E-state index contributed by atoms with van der Waals surface area (Å²) in [6.45, 7) is 4.47. The van der Waals surface area contributed by atoms with Crippen LogP contribution < -0.4 is 0 Å². The molecule has 1 saturated carbocycles. The Morgan fingerprint density at radius 2 is 1.63 bits per heavy atom. The van der Waals surface area contributed by atoms with Gasteiger partial charge in [-0.2, -0.15) is 0 Å². The molecule has 1 aliphatic carbocycles. The lowest BCUT2D eigenvalue weighted by Gasteiger charge is -2.30. The lowest BCUT2D eigenvalue weighted by molar-refractivity contribution is -0.124. The van der Waals surface area contributed by atoms with Gasteiger partial charge in [0.25, 0.3) is 0 Å². The minimum atomic E-state index is 0.172. The minimum absolute atomic E-state index is 0.172. The topological polar surface area (TPSA) is 17.1 Å². The lowest BCUT2D eigenvalue weighted by atomic mass is 9.74. The molecule has 0 radical (unpaired) electrons. The van der Waals surface area contributed by atoms with Crippen molar-refractivity contribution in [3.63, 3.8) is 0 Å². The fraction of sp³-hybridized carbons (Fsp3) is 0.562. The molecule has 0 aliphatic heterocycles. The number of ketones is 1. The number of hydrogen-bond acceptors (Lipinski definition) is 1. The van der Waals surface area contributed by atoms with Gasteiger partial charge in [0, 0.05) is 22.4 Å². The Morgan fingerprint density at radius 1 is 1.11 bits per heavy atom. The van der Waals surface area contributed by atoms with Gasteiger partial charge in [-0.15, -0.1) is 0 Å². The number of halogens is 2. The van der Waals surface area contributed by atoms with Gasteiger partial charge in [0.2, 0.25) is 0 Å². The molecular formula is C16H20Cl2O. The maximum Gasteiger partial charge on any atom is 0.140 e. The summed E-state index contributed by atoms with van der Waals surface area (Å²) < 4.78 is 0. The maximum atomic E-state index is 12.4. The van der Waals surface area contributed by atoms with E-state index < -0.39 is 0 Å². The van der Waals surface area contributed by atoms with E-state index in [9.17, 15) is 4.79 Å². The van der Waals surface area contributed by atoms with Crippen molar-refractivity contribution in [1.82, 2.24) is 0 Å². The van der Waals surface area contributed by atoms with Gasteiger partial charge in [0.05, 0.1) is 0 Å². The number of benzene rings is 1. The number of carbonyl (C=O) groups is 1. The molecule has 0 saturated heterocycles. The molecule has 1 aliphatic rings. The second-order valence-corrected chi connectivity index (χ2v) is 6.77. The molecule has 1 aromatic rings. The van der Waals surface area contributed by atoms with Crippen LogP contribution in [0.4, 0.5) is 0 Å². The average Bonchev–Trinajstić information content (AvgIpc) is 2.32. The molecule has 0 amide bonds. The summed E-state index contributed by atoms with van der Waals surface area (Å²) in [6, 6.07) is 5.40. The summed E-state index contributed by atoms with van der Waals surface area (Å²) in [5.41, 5.74) is 0.779. The fourth-order valence-electron chi connectivity index (χ4n) is 3.23. The van der Waals surface area contributed by atoms with Crippen LogP contribution in [0.3, 0.4) is 0 Å². The molecule has 1 aromatic carbocycles. The van der Waals surface area contributed by atoms with Gasteiger partial charge in [-0.1, -0.05) is 43.1 Å². The molecule has 0 aromatic heterocycles. The highest BCUT2D eigenvalue weighted by molar-refractivity contribution is 6.36. The largest absolute Gasteiger partial charge is 0.299 e. The van der Waals surface area contributed by atoms with Gasteiger partial charge in [-0.3, -0.25) is 4.79 Å². The van der Waals surface area contributed by atoms with E-state index in [2.05, 4.69) is 13.8 Å². The maximum absolute atomic E-state index is 12.4. The fourth-order valence-corrected chi connectivity index (χ4v) is 3.76. The Labute approximate surface area is 125 Å². The van der Waals surface area contributed by atoms with Crippen LogP contribution in [-0.4, -0.2) is 5.78 Å². The Morgan fingerprint density at radius 3 is 2.16 bits per heavy atom. The van der Waals surface area contributed by atoms with E-state index in [1.165, 1.54) is 6.42 Å². The summed E-state index contributed by atoms with van der Waals surface area (Å²) >= 11 is 12.3.